The predicted octanol–water partition coefficient (Wildman–Crippen LogP) is 1.61. The number of hydrogen-bond donors (Lipinski definition) is 1. The highest BCUT2D eigenvalue weighted by atomic mass is 16.5. The van der Waals surface area contributed by atoms with Gasteiger partial charge < -0.3 is 9.84 Å². The van der Waals surface area contributed by atoms with E-state index in [-0.39, 0.29) is 5.76 Å². The average molecular weight is 114 g/mol. The summed E-state index contributed by atoms with van der Waals surface area (Å²) < 4.78 is 4.67. The van der Waals surface area contributed by atoms with Crippen molar-refractivity contribution in [3.8, 4) is 0 Å². The number of methoxy groups -OCH3 is 1. The van der Waals surface area contributed by atoms with Crippen LogP contribution in [0.4, 0.5) is 0 Å². The van der Waals surface area contributed by atoms with Crippen molar-refractivity contribution in [2.75, 3.05) is 7.11 Å². The fourth-order valence-electron chi connectivity index (χ4n) is 0.402. The van der Waals surface area contributed by atoms with Crippen molar-refractivity contribution in [2.24, 2.45) is 0 Å². The summed E-state index contributed by atoms with van der Waals surface area (Å²) in [7, 11) is 1.48. The van der Waals surface area contributed by atoms with Gasteiger partial charge in [0.15, 0.2) is 5.76 Å². The lowest BCUT2D eigenvalue weighted by Crippen LogP contribution is -1.87. The monoisotopic (exact) mass is 114 g/mol. The lowest BCUT2D eigenvalue weighted by atomic mass is 10.4. The number of hydrogen-bond acceptors (Lipinski definition) is 2. The van der Waals surface area contributed by atoms with E-state index in [1.165, 1.54) is 7.11 Å². The van der Waals surface area contributed by atoms with Gasteiger partial charge in [-0.1, -0.05) is 6.58 Å². The molecule has 0 aromatic heterocycles. The molecular formula is C6H10O2. The van der Waals surface area contributed by atoms with E-state index in [1.807, 2.05) is 0 Å². The Bertz CT molecular complexity index is 114. The summed E-state index contributed by atoms with van der Waals surface area (Å²) in [5, 5.41) is 8.62. The molecule has 8 heavy (non-hydrogen) atoms. The third-order valence-corrected chi connectivity index (χ3v) is 0.767. The van der Waals surface area contributed by atoms with Gasteiger partial charge in [0.1, 0.15) is 5.76 Å². The van der Waals surface area contributed by atoms with Crippen molar-refractivity contribution in [2.45, 2.75) is 6.92 Å². The van der Waals surface area contributed by atoms with Gasteiger partial charge in [0.05, 0.1) is 7.11 Å². The van der Waals surface area contributed by atoms with Crippen molar-refractivity contribution in [1.29, 1.82) is 0 Å². The van der Waals surface area contributed by atoms with E-state index in [0.717, 1.165) is 0 Å². The van der Waals surface area contributed by atoms with E-state index >= 15 is 0 Å². The lowest BCUT2D eigenvalue weighted by molar-refractivity contribution is 0.256. The third-order valence-electron chi connectivity index (χ3n) is 0.767. The number of allylic oxidation sites excluding steroid dienone is 1. The number of ether oxygens (including phenoxy) is 1. The molecule has 0 unspecified atom stereocenters. The fourth-order valence-corrected chi connectivity index (χ4v) is 0.402. The summed E-state index contributed by atoms with van der Waals surface area (Å²) in [6, 6.07) is 0. The molecule has 1 N–H and O–H groups in total. The van der Waals surface area contributed by atoms with Crippen LogP contribution < -0.4 is 0 Å². The van der Waals surface area contributed by atoms with Crippen LogP contribution in [0.25, 0.3) is 0 Å². The smallest absolute Gasteiger partial charge is 0.155 e. The molecular weight excluding hydrogens is 104 g/mol. The first-order valence-corrected chi connectivity index (χ1v) is 2.31. The Morgan fingerprint density at radius 1 is 1.75 bits per heavy atom. The maximum atomic E-state index is 8.62. The van der Waals surface area contributed by atoms with Crippen LogP contribution in [0.3, 0.4) is 0 Å². The molecule has 0 bridgehead atoms. The van der Waals surface area contributed by atoms with Crippen molar-refractivity contribution in [1.82, 2.24) is 0 Å². The summed E-state index contributed by atoms with van der Waals surface area (Å²) in [5.41, 5.74) is 0. The number of aliphatic hydroxyl groups excluding tert-OH is 1. The molecule has 0 rings (SSSR count). The molecule has 2 heteroatoms. The fraction of sp³-hybridized carbons (Fsp3) is 0.333. The van der Waals surface area contributed by atoms with Gasteiger partial charge in [0.2, 0.25) is 0 Å². The van der Waals surface area contributed by atoms with E-state index in [2.05, 4.69) is 11.3 Å². The molecule has 0 spiro atoms. The van der Waals surface area contributed by atoms with Crippen molar-refractivity contribution >= 4 is 0 Å². The molecule has 0 atom stereocenters. The van der Waals surface area contributed by atoms with Gasteiger partial charge in [-0.3, -0.25) is 0 Å². The number of rotatable bonds is 2. The predicted molar refractivity (Wildman–Crippen MR) is 32.5 cm³/mol. The molecule has 0 aromatic carbocycles. The van der Waals surface area contributed by atoms with Crippen LogP contribution in [0.5, 0.6) is 0 Å². The van der Waals surface area contributed by atoms with Gasteiger partial charge in [-0.25, -0.2) is 0 Å². The second kappa shape index (κ2) is 3.13. The van der Waals surface area contributed by atoms with Crippen molar-refractivity contribution < 1.29 is 9.84 Å². The van der Waals surface area contributed by atoms with E-state index in [1.54, 1.807) is 13.0 Å². The van der Waals surface area contributed by atoms with Gasteiger partial charge >= 0.3 is 0 Å². The third kappa shape index (κ3) is 1.69. The Balaban J connectivity index is 3.92. The first-order chi connectivity index (χ1) is 3.72. The van der Waals surface area contributed by atoms with Crippen LogP contribution in [0, 0.1) is 0 Å². The molecule has 0 radical (unpaired) electrons. The molecule has 0 saturated carbocycles. The minimum atomic E-state index is -0.0324. The molecule has 0 aliphatic heterocycles. The highest BCUT2D eigenvalue weighted by molar-refractivity contribution is 5.13. The molecule has 0 fully saturated rings. The standard InChI is InChI=1S/C6H10O2/c1-4-6(8-3)5(2)7/h4,7H,2H2,1,3H3/b6-4+. The quantitative estimate of drug-likeness (QED) is 0.436. The van der Waals surface area contributed by atoms with Gasteiger partial charge in [-0.15, -0.1) is 0 Å². The largest absolute Gasteiger partial charge is 0.505 e. The lowest BCUT2D eigenvalue weighted by Gasteiger charge is -1.99. The Kier molecular flexibility index (Phi) is 2.77. The van der Waals surface area contributed by atoms with E-state index in [9.17, 15) is 0 Å². The zero-order chi connectivity index (χ0) is 6.57. The topological polar surface area (TPSA) is 29.5 Å². The molecule has 0 saturated heterocycles. The van der Waals surface area contributed by atoms with Crippen molar-refractivity contribution in [3.05, 3.63) is 24.2 Å². The van der Waals surface area contributed by atoms with Gasteiger partial charge in [0.25, 0.3) is 0 Å². The summed E-state index contributed by atoms with van der Waals surface area (Å²) in [5.74, 6) is 0.389. The average Bonchev–Trinajstić information content (AvgIpc) is 1.69. The first kappa shape index (κ1) is 7.08. The highest BCUT2D eigenvalue weighted by Crippen LogP contribution is 2.02. The van der Waals surface area contributed by atoms with Gasteiger partial charge in [0, 0.05) is 0 Å². The molecule has 46 valence electrons. The van der Waals surface area contributed by atoms with Crippen LogP contribution >= 0.6 is 0 Å². The normalized spacial score (nSPS) is 11.0. The minimum absolute atomic E-state index is 0.0324. The van der Waals surface area contributed by atoms with Crippen molar-refractivity contribution in [3.63, 3.8) is 0 Å². The molecule has 0 aliphatic rings. The summed E-state index contributed by atoms with van der Waals surface area (Å²) in [6.45, 7) is 5.02. The SMILES string of the molecule is C=C(O)/C(=C\C)OC. The van der Waals surface area contributed by atoms with Gasteiger partial charge in [-0.05, 0) is 13.0 Å². The molecule has 0 amide bonds. The first-order valence-electron chi connectivity index (χ1n) is 2.31. The van der Waals surface area contributed by atoms with E-state index in [0.29, 0.717) is 5.76 Å². The van der Waals surface area contributed by atoms with Crippen LogP contribution in [0.15, 0.2) is 24.2 Å². The summed E-state index contributed by atoms with van der Waals surface area (Å²) in [6.07, 6.45) is 1.64. The Hall–Kier alpha value is -0.920. The molecule has 0 heterocycles. The van der Waals surface area contributed by atoms with Crippen LogP contribution in [0.1, 0.15) is 6.92 Å². The zero-order valence-corrected chi connectivity index (χ0v) is 5.14. The molecule has 2 nitrogen and oxygen atoms in total. The second-order valence-electron chi connectivity index (χ2n) is 1.30. The van der Waals surface area contributed by atoms with Crippen LogP contribution in [-0.2, 0) is 4.74 Å². The highest BCUT2D eigenvalue weighted by Gasteiger charge is 1.93. The van der Waals surface area contributed by atoms with Crippen LogP contribution in [-0.4, -0.2) is 12.2 Å². The Labute approximate surface area is 49.1 Å². The van der Waals surface area contributed by atoms with E-state index < -0.39 is 0 Å². The minimum Gasteiger partial charge on any atom is -0.505 e. The maximum absolute atomic E-state index is 8.62. The number of aliphatic hydroxyl groups is 1. The molecule has 0 aromatic rings. The van der Waals surface area contributed by atoms with E-state index in [4.69, 9.17) is 5.11 Å². The summed E-state index contributed by atoms with van der Waals surface area (Å²) >= 11 is 0. The zero-order valence-electron chi connectivity index (χ0n) is 5.14. The second-order valence-corrected chi connectivity index (χ2v) is 1.30. The molecule has 0 aliphatic carbocycles. The summed E-state index contributed by atoms with van der Waals surface area (Å²) in [4.78, 5) is 0. The Morgan fingerprint density at radius 2 is 2.25 bits per heavy atom. The van der Waals surface area contributed by atoms with Gasteiger partial charge in [-0.2, -0.15) is 0 Å². The maximum Gasteiger partial charge on any atom is 0.155 e. The Morgan fingerprint density at radius 3 is 2.25 bits per heavy atom. The van der Waals surface area contributed by atoms with Crippen LogP contribution in [0.2, 0.25) is 0 Å².